The van der Waals surface area contributed by atoms with E-state index in [1.165, 1.54) is 0 Å². The van der Waals surface area contributed by atoms with Crippen LogP contribution >= 0.6 is 0 Å². The SMILES string of the molecule is CC1=Nc2ccccc2Nc2c1c(=O)n(-c1ccccc1)c1ccccc21. The molecule has 1 aliphatic heterocycles. The summed E-state index contributed by atoms with van der Waals surface area (Å²) in [5.74, 6) is 0. The van der Waals surface area contributed by atoms with E-state index >= 15 is 0 Å². The quantitative estimate of drug-likeness (QED) is 0.513. The largest absolute Gasteiger partial charge is 0.353 e. The van der Waals surface area contributed by atoms with Gasteiger partial charge in [0.1, 0.15) is 0 Å². The monoisotopic (exact) mass is 351 g/mol. The Morgan fingerprint density at radius 2 is 1.56 bits per heavy atom. The molecule has 2 heterocycles. The van der Waals surface area contributed by atoms with Crippen LogP contribution in [0.25, 0.3) is 16.6 Å². The lowest BCUT2D eigenvalue weighted by molar-refractivity contribution is 1.04. The Kier molecular flexibility index (Phi) is 3.44. The second-order valence-electron chi connectivity index (χ2n) is 6.58. The second kappa shape index (κ2) is 5.95. The summed E-state index contributed by atoms with van der Waals surface area (Å²) in [6.07, 6.45) is 0. The number of rotatable bonds is 1. The van der Waals surface area contributed by atoms with Crippen molar-refractivity contribution in [3.8, 4) is 5.69 Å². The van der Waals surface area contributed by atoms with Crippen molar-refractivity contribution in [1.29, 1.82) is 0 Å². The van der Waals surface area contributed by atoms with E-state index in [9.17, 15) is 4.79 Å². The van der Waals surface area contributed by atoms with Crippen molar-refractivity contribution >= 4 is 33.7 Å². The maximum Gasteiger partial charge on any atom is 0.266 e. The molecule has 0 saturated carbocycles. The molecule has 0 bridgehead atoms. The number of para-hydroxylation sites is 4. The van der Waals surface area contributed by atoms with Crippen LogP contribution < -0.4 is 10.9 Å². The van der Waals surface area contributed by atoms with Gasteiger partial charge in [0, 0.05) is 11.1 Å². The molecule has 27 heavy (non-hydrogen) atoms. The predicted molar refractivity (Wildman–Crippen MR) is 111 cm³/mol. The first-order chi connectivity index (χ1) is 13.2. The number of pyridine rings is 1. The molecule has 0 radical (unpaired) electrons. The van der Waals surface area contributed by atoms with E-state index in [-0.39, 0.29) is 5.56 Å². The van der Waals surface area contributed by atoms with Crippen molar-refractivity contribution in [1.82, 2.24) is 4.57 Å². The summed E-state index contributed by atoms with van der Waals surface area (Å²) < 4.78 is 1.77. The lowest BCUT2D eigenvalue weighted by atomic mass is 10.0. The topological polar surface area (TPSA) is 46.4 Å². The molecule has 0 aliphatic carbocycles. The van der Waals surface area contributed by atoms with Crippen LogP contribution in [0.4, 0.5) is 17.1 Å². The summed E-state index contributed by atoms with van der Waals surface area (Å²) in [5.41, 5.74) is 5.50. The number of fused-ring (bicyclic) bond motifs is 4. The van der Waals surface area contributed by atoms with Crippen molar-refractivity contribution < 1.29 is 0 Å². The number of anilines is 2. The van der Waals surface area contributed by atoms with Gasteiger partial charge in [-0.05, 0) is 37.3 Å². The van der Waals surface area contributed by atoms with Crippen LogP contribution in [0.2, 0.25) is 0 Å². The van der Waals surface area contributed by atoms with Crippen LogP contribution in [-0.2, 0) is 0 Å². The van der Waals surface area contributed by atoms with Crippen molar-refractivity contribution in [3.63, 3.8) is 0 Å². The number of aliphatic imine (C=N–C) groups is 1. The third kappa shape index (κ3) is 2.38. The van der Waals surface area contributed by atoms with Crippen molar-refractivity contribution in [2.45, 2.75) is 6.92 Å². The fourth-order valence-electron chi connectivity index (χ4n) is 3.69. The van der Waals surface area contributed by atoms with E-state index in [4.69, 9.17) is 4.99 Å². The van der Waals surface area contributed by atoms with Crippen LogP contribution in [0.15, 0.2) is 88.6 Å². The molecule has 5 rings (SSSR count). The van der Waals surface area contributed by atoms with Gasteiger partial charge in [-0.15, -0.1) is 0 Å². The number of nitrogens with one attached hydrogen (secondary N) is 1. The molecule has 4 heteroatoms. The molecule has 0 unspecified atom stereocenters. The highest BCUT2D eigenvalue weighted by Gasteiger charge is 2.22. The first kappa shape index (κ1) is 15.6. The minimum absolute atomic E-state index is 0.0727. The van der Waals surface area contributed by atoms with Crippen molar-refractivity contribution in [3.05, 3.63) is 94.8 Å². The fourth-order valence-corrected chi connectivity index (χ4v) is 3.69. The third-order valence-electron chi connectivity index (χ3n) is 4.91. The highest BCUT2D eigenvalue weighted by molar-refractivity contribution is 6.13. The van der Waals surface area contributed by atoms with E-state index in [1.54, 1.807) is 4.57 Å². The lowest BCUT2D eigenvalue weighted by Crippen LogP contribution is -2.26. The van der Waals surface area contributed by atoms with Gasteiger partial charge in [0.25, 0.3) is 5.56 Å². The molecule has 0 spiro atoms. The zero-order valence-corrected chi connectivity index (χ0v) is 14.8. The summed E-state index contributed by atoms with van der Waals surface area (Å²) in [4.78, 5) is 18.3. The van der Waals surface area contributed by atoms with Gasteiger partial charge in [-0.3, -0.25) is 14.4 Å². The molecule has 0 saturated heterocycles. The van der Waals surface area contributed by atoms with Crippen LogP contribution in [0.5, 0.6) is 0 Å². The summed E-state index contributed by atoms with van der Waals surface area (Å²) in [6.45, 7) is 1.90. The van der Waals surface area contributed by atoms with E-state index in [2.05, 4.69) is 5.32 Å². The number of hydrogen-bond donors (Lipinski definition) is 1. The van der Waals surface area contributed by atoms with E-state index in [1.807, 2.05) is 85.8 Å². The summed E-state index contributed by atoms with van der Waals surface area (Å²) in [5, 5.41) is 4.46. The van der Waals surface area contributed by atoms with Crippen LogP contribution in [0.3, 0.4) is 0 Å². The van der Waals surface area contributed by atoms with Crippen LogP contribution in [0.1, 0.15) is 12.5 Å². The number of benzene rings is 3. The highest BCUT2D eigenvalue weighted by atomic mass is 16.1. The summed E-state index contributed by atoms with van der Waals surface area (Å²) >= 11 is 0. The molecule has 1 aromatic heterocycles. The minimum Gasteiger partial charge on any atom is -0.353 e. The van der Waals surface area contributed by atoms with E-state index in [0.29, 0.717) is 11.3 Å². The molecular formula is C23H17N3O. The van der Waals surface area contributed by atoms with Crippen molar-refractivity contribution in [2.24, 2.45) is 4.99 Å². The Morgan fingerprint density at radius 3 is 2.41 bits per heavy atom. The molecule has 1 N–H and O–H groups in total. The minimum atomic E-state index is -0.0727. The molecule has 4 nitrogen and oxygen atoms in total. The molecule has 0 amide bonds. The molecule has 130 valence electrons. The van der Waals surface area contributed by atoms with Crippen LogP contribution in [0, 0.1) is 0 Å². The average Bonchev–Trinajstić information content (AvgIpc) is 2.85. The summed E-state index contributed by atoms with van der Waals surface area (Å²) in [7, 11) is 0. The number of hydrogen-bond acceptors (Lipinski definition) is 3. The predicted octanol–water partition coefficient (Wildman–Crippen LogP) is 5.19. The zero-order chi connectivity index (χ0) is 18.4. The lowest BCUT2D eigenvalue weighted by Gasteiger charge is -2.17. The van der Waals surface area contributed by atoms with Gasteiger partial charge >= 0.3 is 0 Å². The third-order valence-corrected chi connectivity index (χ3v) is 4.91. The Bertz CT molecular complexity index is 1270. The number of nitrogens with zero attached hydrogens (tertiary/aromatic N) is 2. The van der Waals surface area contributed by atoms with Gasteiger partial charge < -0.3 is 5.32 Å². The Labute approximate surface area is 156 Å². The fraction of sp³-hybridized carbons (Fsp3) is 0.0435. The molecular weight excluding hydrogens is 334 g/mol. The first-order valence-corrected chi connectivity index (χ1v) is 8.89. The average molecular weight is 351 g/mol. The van der Waals surface area contributed by atoms with Crippen LogP contribution in [-0.4, -0.2) is 10.3 Å². The maximum absolute atomic E-state index is 13.6. The normalized spacial score (nSPS) is 12.6. The first-order valence-electron chi connectivity index (χ1n) is 8.89. The Hall–Kier alpha value is -3.66. The zero-order valence-electron chi connectivity index (χ0n) is 14.8. The molecule has 0 fully saturated rings. The van der Waals surface area contributed by atoms with Gasteiger partial charge in [-0.2, -0.15) is 0 Å². The van der Waals surface area contributed by atoms with Gasteiger partial charge in [-0.25, -0.2) is 0 Å². The molecule has 4 aromatic rings. The molecule has 0 atom stereocenters. The highest BCUT2D eigenvalue weighted by Crippen LogP contribution is 2.36. The molecule has 1 aliphatic rings. The van der Waals surface area contributed by atoms with Gasteiger partial charge in [-0.1, -0.05) is 48.5 Å². The van der Waals surface area contributed by atoms with E-state index < -0.39 is 0 Å². The Balaban J connectivity index is 1.94. The van der Waals surface area contributed by atoms with E-state index in [0.717, 1.165) is 33.7 Å². The van der Waals surface area contributed by atoms with Gasteiger partial charge in [0.05, 0.1) is 33.9 Å². The van der Waals surface area contributed by atoms with Gasteiger partial charge in [0.2, 0.25) is 0 Å². The Morgan fingerprint density at radius 1 is 0.852 bits per heavy atom. The van der Waals surface area contributed by atoms with Crippen molar-refractivity contribution in [2.75, 3.05) is 5.32 Å². The second-order valence-corrected chi connectivity index (χ2v) is 6.58. The standard InChI is InChI=1S/C23H17N3O/c1-15-21-22(25-19-13-7-6-12-18(19)24-15)17-11-5-8-14-20(17)26(23(21)27)16-9-3-2-4-10-16/h2-14,25H,1H3. The summed E-state index contributed by atoms with van der Waals surface area (Å²) in [6, 6.07) is 25.6. The smallest absolute Gasteiger partial charge is 0.266 e. The molecule has 3 aromatic carbocycles. The van der Waals surface area contributed by atoms with Gasteiger partial charge in [0.15, 0.2) is 0 Å². The number of aromatic nitrogens is 1. The maximum atomic E-state index is 13.6.